The van der Waals surface area contributed by atoms with Crippen molar-refractivity contribution in [1.29, 1.82) is 5.26 Å². The van der Waals surface area contributed by atoms with E-state index in [1.807, 2.05) is 36.1 Å². The molecule has 0 radical (unpaired) electrons. The molecule has 0 spiro atoms. The molecule has 0 aromatic heterocycles. The van der Waals surface area contributed by atoms with Crippen molar-refractivity contribution in [2.24, 2.45) is 0 Å². The van der Waals surface area contributed by atoms with Crippen LogP contribution in [0, 0.1) is 17.1 Å². The summed E-state index contributed by atoms with van der Waals surface area (Å²) >= 11 is 0. The van der Waals surface area contributed by atoms with E-state index in [1.165, 1.54) is 12.1 Å². The van der Waals surface area contributed by atoms with Crippen LogP contribution in [0.5, 0.6) is 5.75 Å². The summed E-state index contributed by atoms with van der Waals surface area (Å²) in [5, 5.41) is 9.64. The summed E-state index contributed by atoms with van der Waals surface area (Å²) in [6, 6.07) is 15.5. The topological polar surface area (TPSA) is 56.6 Å². The number of nitrogens with zero attached hydrogens (tertiary/aromatic N) is 3. The molecule has 1 saturated heterocycles. The van der Waals surface area contributed by atoms with E-state index in [1.54, 1.807) is 17.0 Å². The average molecular weight is 367 g/mol. The van der Waals surface area contributed by atoms with E-state index >= 15 is 0 Å². The number of hydrogen-bond donors (Lipinski definition) is 0. The summed E-state index contributed by atoms with van der Waals surface area (Å²) < 4.78 is 19.3. The van der Waals surface area contributed by atoms with E-state index in [0.717, 1.165) is 11.3 Å². The third kappa shape index (κ3) is 4.26. The maximum atomic E-state index is 13.9. The summed E-state index contributed by atoms with van der Waals surface area (Å²) in [6.45, 7) is 4.56. The predicted octanol–water partition coefficient (Wildman–Crippen LogP) is 3.25. The van der Waals surface area contributed by atoms with Crippen LogP contribution in [0.2, 0.25) is 0 Å². The Bertz CT molecular complexity index is 824. The average Bonchev–Trinajstić information content (AvgIpc) is 2.70. The number of halogens is 1. The summed E-state index contributed by atoms with van der Waals surface area (Å²) in [4.78, 5) is 16.2. The van der Waals surface area contributed by atoms with Crippen LogP contribution in [-0.4, -0.2) is 48.5 Å². The Kier molecular flexibility index (Phi) is 6.05. The number of carbonyl (C=O) groups is 1. The molecule has 0 aliphatic carbocycles. The van der Waals surface area contributed by atoms with E-state index in [2.05, 4.69) is 6.07 Å². The molecule has 1 aliphatic rings. The third-order valence-electron chi connectivity index (χ3n) is 4.70. The van der Waals surface area contributed by atoms with Crippen LogP contribution in [0.3, 0.4) is 0 Å². The summed E-state index contributed by atoms with van der Waals surface area (Å²) in [5.41, 5.74) is 0.990. The zero-order valence-electron chi connectivity index (χ0n) is 15.3. The fourth-order valence-corrected chi connectivity index (χ4v) is 3.27. The highest BCUT2D eigenvalue weighted by atomic mass is 19.1. The van der Waals surface area contributed by atoms with Gasteiger partial charge in [0.2, 0.25) is 0 Å². The summed E-state index contributed by atoms with van der Waals surface area (Å²) in [7, 11) is 0. The minimum Gasteiger partial charge on any atom is -0.494 e. The smallest absolute Gasteiger partial charge is 0.256 e. The monoisotopic (exact) mass is 367 g/mol. The molecule has 1 fully saturated rings. The molecule has 5 nitrogen and oxygen atoms in total. The second-order valence-electron chi connectivity index (χ2n) is 6.34. The van der Waals surface area contributed by atoms with Gasteiger partial charge in [-0.2, -0.15) is 5.26 Å². The van der Waals surface area contributed by atoms with Crippen molar-refractivity contribution in [3.8, 4) is 11.8 Å². The van der Waals surface area contributed by atoms with E-state index < -0.39 is 5.82 Å². The molecule has 6 heteroatoms. The van der Waals surface area contributed by atoms with Gasteiger partial charge in [-0.25, -0.2) is 4.39 Å². The number of carbonyl (C=O) groups excluding carboxylic acids is 1. The summed E-state index contributed by atoms with van der Waals surface area (Å²) in [5.74, 6) is -0.0326. The third-order valence-corrected chi connectivity index (χ3v) is 4.70. The quantitative estimate of drug-likeness (QED) is 0.814. The van der Waals surface area contributed by atoms with Crippen molar-refractivity contribution < 1.29 is 13.9 Å². The van der Waals surface area contributed by atoms with E-state index in [0.29, 0.717) is 32.8 Å². The SMILES string of the molecule is CCOc1ccc(C(C#N)N2CCN(C(=O)c3ccccc3F)CC2)cc1. The van der Waals surface area contributed by atoms with Crippen molar-refractivity contribution in [2.45, 2.75) is 13.0 Å². The molecular formula is C21H22FN3O2. The lowest BCUT2D eigenvalue weighted by atomic mass is 10.1. The van der Waals surface area contributed by atoms with Gasteiger partial charge in [0.15, 0.2) is 0 Å². The molecule has 0 N–H and O–H groups in total. The Balaban J connectivity index is 1.64. The number of amides is 1. The fourth-order valence-electron chi connectivity index (χ4n) is 3.27. The first-order valence-corrected chi connectivity index (χ1v) is 9.04. The van der Waals surface area contributed by atoms with Gasteiger partial charge >= 0.3 is 0 Å². The number of hydrogen-bond acceptors (Lipinski definition) is 4. The molecule has 1 amide bonds. The summed E-state index contributed by atoms with van der Waals surface area (Å²) in [6.07, 6.45) is 0. The lowest BCUT2D eigenvalue weighted by Crippen LogP contribution is -2.49. The molecule has 1 atom stereocenters. The molecule has 3 rings (SSSR count). The van der Waals surface area contributed by atoms with E-state index in [-0.39, 0.29) is 17.5 Å². The van der Waals surface area contributed by atoms with Gasteiger partial charge in [0.05, 0.1) is 18.2 Å². The molecule has 0 saturated carbocycles. The number of rotatable bonds is 5. The van der Waals surface area contributed by atoms with E-state index in [4.69, 9.17) is 4.74 Å². The van der Waals surface area contributed by atoms with Crippen LogP contribution in [0.1, 0.15) is 28.9 Å². The second kappa shape index (κ2) is 8.65. The fraction of sp³-hybridized carbons (Fsp3) is 0.333. The molecule has 1 heterocycles. The molecule has 2 aromatic carbocycles. The highest BCUT2D eigenvalue weighted by Gasteiger charge is 2.28. The van der Waals surface area contributed by atoms with Gasteiger partial charge in [-0.1, -0.05) is 24.3 Å². The first-order valence-electron chi connectivity index (χ1n) is 9.04. The van der Waals surface area contributed by atoms with Crippen LogP contribution < -0.4 is 4.74 Å². The molecule has 0 bridgehead atoms. The van der Waals surface area contributed by atoms with Gasteiger partial charge < -0.3 is 9.64 Å². The lowest BCUT2D eigenvalue weighted by Gasteiger charge is -2.37. The maximum absolute atomic E-state index is 13.9. The van der Waals surface area contributed by atoms with Gasteiger partial charge in [0.25, 0.3) is 5.91 Å². The minimum absolute atomic E-state index is 0.0919. The molecular weight excluding hydrogens is 345 g/mol. The number of nitriles is 1. The first kappa shape index (κ1) is 18.9. The number of piperazine rings is 1. The van der Waals surface area contributed by atoms with Crippen molar-refractivity contribution in [3.05, 3.63) is 65.5 Å². The molecule has 27 heavy (non-hydrogen) atoms. The Morgan fingerprint density at radius 1 is 1.15 bits per heavy atom. The second-order valence-corrected chi connectivity index (χ2v) is 6.34. The van der Waals surface area contributed by atoms with Gasteiger partial charge in [-0.3, -0.25) is 9.69 Å². The predicted molar refractivity (Wildman–Crippen MR) is 99.8 cm³/mol. The molecule has 2 aromatic rings. The minimum atomic E-state index is -0.505. The van der Waals surface area contributed by atoms with Crippen molar-refractivity contribution in [1.82, 2.24) is 9.80 Å². The van der Waals surface area contributed by atoms with Gasteiger partial charge in [0, 0.05) is 26.2 Å². The van der Waals surface area contributed by atoms with Gasteiger partial charge in [-0.15, -0.1) is 0 Å². The van der Waals surface area contributed by atoms with Crippen LogP contribution in [0.25, 0.3) is 0 Å². The number of benzene rings is 2. The Morgan fingerprint density at radius 3 is 2.41 bits per heavy atom. The van der Waals surface area contributed by atoms with E-state index in [9.17, 15) is 14.4 Å². The van der Waals surface area contributed by atoms with Crippen LogP contribution >= 0.6 is 0 Å². The Hall–Kier alpha value is -2.91. The van der Waals surface area contributed by atoms with Crippen LogP contribution in [-0.2, 0) is 0 Å². The van der Waals surface area contributed by atoms with Crippen LogP contribution in [0.4, 0.5) is 4.39 Å². The van der Waals surface area contributed by atoms with Crippen molar-refractivity contribution in [3.63, 3.8) is 0 Å². The maximum Gasteiger partial charge on any atom is 0.256 e. The Labute approximate surface area is 158 Å². The zero-order chi connectivity index (χ0) is 19.2. The van der Waals surface area contributed by atoms with Crippen molar-refractivity contribution in [2.75, 3.05) is 32.8 Å². The van der Waals surface area contributed by atoms with Gasteiger partial charge in [-0.05, 0) is 36.8 Å². The van der Waals surface area contributed by atoms with Gasteiger partial charge in [0.1, 0.15) is 17.6 Å². The normalized spacial score (nSPS) is 15.8. The lowest BCUT2D eigenvalue weighted by molar-refractivity contribution is 0.0602. The number of ether oxygens (including phenoxy) is 1. The zero-order valence-corrected chi connectivity index (χ0v) is 15.3. The largest absolute Gasteiger partial charge is 0.494 e. The highest BCUT2D eigenvalue weighted by molar-refractivity contribution is 5.94. The molecule has 1 unspecified atom stereocenters. The highest BCUT2D eigenvalue weighted by Crippen LogP contribution is 2.24. The molecule has 1 aliphatic heterocycles. The Morgan fingerprint density at radius 2 is 1.81 bits per heavy atom. The van der Waals surface area contributed by atoms with Crippen LogP contribution in [0.15, 0.2) is 48.5 Å². The molecule has 140 valence electrons. The van der Waals surface area contributed by atoms with Crippen molar-refractivity contribution >= 4 is 5.91 Å². The standard InChI is InChI=1S/C21H22FN3O2/c1-2-27-17-9-7-16(8-10-17)20(15-23)24-11-13-25(14-12-24)21(26)18-5-3-4-6-19(18)22/h3-10,20H,2,11-14H2,1H3. The first-order chi connectivity index (χ1) is 13.1.